The number of amides is 1. The number of rotatable bonds is 4. The predicted octanol–water partition coefficient (Wildman–Crippen LogP) is 2.92. The molecule has 4 nitrogen and oxygen atoms in total. The molecule has 0 atom stereocenters. The van der Waals surface area contributed by atoms with Crippen molar-refractivity contribution in [3.63, 3.8) is 0 Å². The molecule has 0 radical (unpaired) electrons. The maximum atomic E-state index is 12.9. The number of anilines is 1. The Labute approximate surface area is 114 Å². The van der Waals surface area contributed by atoms with Gasteiger partial charge in [0, 0.05) is 10.9 Å². The summed E-state index contributed by atoms with van der Waals surface area (Å²) in [5.41, 5.74) is 0.895. The number of carbonyl (C=O) groups excluding carboxylic acids is 1. The van der Waals surface area contributed by atoms with E-state index < -0.39 is 5.82 Å². The maximum Gasteiger partial charge on any atom is 0.264 e. The van der Waals surface area contributed by atoms with Crippen LogP contribution in [0, 0.1) is 19.7 Å². The third kappa shape index (κ3) is 3.75. The molecule has 2 aromatic rings. The molecule has 6 heteroatoms. The molecule has 0 saturated heterocycles. The number of thiazole rings is 1. The van der Waals surface area contributed by atoms with Gasteiger partial charge in [0.25, 0.3) is 5.91 Å². The number of ether oxygens (including phenoxy) is 1. The van der Waals surface area contributed by atoms with Crippen molar-refractivity contribution in [2.45, 2.75) is 13.8 Å². The Balaban J connectivity index is 1.88. The fourth-order valence-corrected chi connectivity index (χ4v) is 2.22. The molecule has 1 heterocycles. The second kappa shape index (κ2) is 5.79. The third-order valence-corrected chi connectivity index (χ3v) is 3.43. The molecule has 1 aromatic heterocycles. The van der Waals surface area contributed by atoms with Crippen molar-refractivity contribution in [1.82, 2.24) is 4.98 Å². The van der Waals surface area contributed by atoms with Crippen LogP contribution in [0.5, 0.6) is 5.75 Å². The molecule has 100 valence electrons. The van der Waals surface area contributed by atoms with Crippen LogP contribution in [0.25, 0.3) is 0 Å². The first kappa shape index (κ1) is 13.5. The number of hydrogen-bond acceptors (Lipinski definition) is 4. The van der Waals surface area contributed by atoms with Crippen LogP contribution in [-0.2, 0) is 4.79 Å². The highest BCUT2D eigenvalue weighted by molar-refractivity contribution is 7.15. The van der Waals surface area contributed by atoms with Crippen molar-refractivity contribution >= 4 is 22.4 Å². The first-order valence-electron chi connectivity index (χ1n) is 5.67. The molecule has 2 rings (SSSR count). The second-order valence-electron chi connectivity index (χ2n) is 3.95. The van der Waals surface area contributed by atoms with Crippen molar-refractivity contribution in [1.29, 1.82) is 0 Å². The number of aryl methyl sites for hydroxylation is 2. The van der Waals surface area contributed by atoms with Gasteiger partial charge in [0.1, 0.15) is 11.6 Å². The number of aromatic nitrogens is 1. The van der Waals surface area contributed by atoms with E-state index in [2.05, 4.69) is 10.3 Å². The minimum Gasteiger partial charge on any atom is -0.484 e. The average molecular weight is 280 g/mol. The minimum atomic E-state index is -0.399. The fourth-order valence-electron chi connectivity index (χ4n) is 1.39. The molecule has 1 N–H and O–H groups in total. The molecule has 0 aliphatic heterocycles. The molecule has 0 bridgehead atoms. The fraction of sp³-hybridized carbons (Fsp3) is 0.231. The van der Waals surface area contributed by atoms with Gasteiger partial charge >= 0.3 is 0 Å². The highest BCUT2D eigenvalue weighted by atomic mass is 32.1. The van der Waals surface area contributed by atoms with E-state index in [-0.39, 0.29) is 12.5 Å². The first-order valence-corrected chi connectivity index (χ1v) is 6.48. The van der Waals surface area contributed by atoms with E-state index in [9.17, 15) is 9.18 Å². The van der Waals surface area contributed by atoms with Crippen LogP contribution < -0.4 is 10.1 Å². The van der Waals surface area contributed by atoms with Crippen LogP contribution in [0.1, 0.15) is 10.6 Å². The molecule has 1 amide bonds. The predicted molar refractivity (Wildman–Crippen MR) is 72.1 cm³/mol. The van der Waals surface area contributed by atoms with Gasteiger partial charge < -0.3 is 4.74 Å². The summed E-state index contributed by atoms with van der Waals surface area (Å²) in [6.45, 7) is 3.64. The average Bonchev–Trinajstić information content (AvgIpc) is 2.66. The van der Waals surface area contributed by atoms with Gasteiger partial charge in [0.2, 0.25) is 0 Å². The molecule has 19 heavy (non-hydrogen) atoms. The summed E-state index contributed by atoms with van der Waals surface area (Å²) in [7, 11) is 0. The minimum absolute atomic E-state index is 0.179. The summed E-state index contributed by atoms with van der Waals surface area (Å²) in [6, 6.07) is 5.66. The van der Waals surface area contributed by atoms with Crippen molar-refractivity contribution in [2.75, 3.05) is 11.9 Å². The van der Waals surface area contributed by atoms with Crippen LogP contribution in [0.2, 0.25) is 0 Å². The van der Waals surface area contributed by atoms with Crippen molar-refractivity contribution in [2.24, 2.45) is 0 Å². The van der Waals surface area contributed by atoms with E-state index in [1.54, 1.807) is 6.07 Å². The normalized spacial score (nSPS) is 10.3. The lowest BCUT2D eigenvalue weighted by Gasteiger charge is -2.05. The molecule has 0 fully saturated rings. The first-order chi connectivity index (χ1) is 9.04. The molecule has 0 saturated carbocycles. The Morgan fingerprint density at radius 1 is 1.47 bits per heavy atom. The number of nitrogens with zero attached hydrogens (tertiary/aromatic N) is 1. The smallest absolute Gasteiger partial charge is 0.264 e. The van der Waals surface area contributed by atoms with E-state index in [0.717, 1.165) is 10.6 Å². The van der Waals surface area contributed by atoms with Gasteiger partial charge in [-0.25, -0.2) is 9.37 Å². The number of hydrogen-bond donors (Lipinski definition) is 1. The van der Waals surface area contributed by atoms with Crippen LogP contribution in [0.4, 0.5) is 9.52 Å². The Kier molecular flexibility index (Phi) is 4.11. The van der Waals surface area contributed by atoms with Crippen molar-refractivity contribution < 1.29 is 13.9 Å². The molecule has 1 aromatic carbocycles. The molecule has 0 spiro atoms. The zero-order valence-corrected chi connectivity index (χ0v) is 11.4. The molecular weight excluding hydrogens is 267 g/mol. The van der Waals surface area contributed by atoms with Crippen LogP contribution >= 0.6 is 11.3 Å². The van der Waals surface area contributed by atoms with Crippen LogP contribution in [-0.4, -0.2) is 17.5 Å². The van der Waals surface area contributed by atoms with Gasteiger partial charge in [-0.1, -0.05) is 6.07 Å². The quantitative estimate of drug-likeness (QED) is 0.936. The number of carbonyl (C=O) groups is 1. The van der Waals surface area contributed by atoms with E-state index >= 15 is 0 Å². The van der Waals surface area contributed by atoms with Crippen molar-refractivity contribution in [3.05, 3.63) is 40.7 Å². The number of halogens is 1. The van der Waals surface area contributed by atoms with Crippen LogP contribution in [0.3, 0.4) is 0 Å². The van der Waals surface area contributed by atoms with Gasteiger partial charge in [-0.3, -0.25) is 10.1 Å². The van der Waals surface area contributed by atoms with Gasteiger partial charge in [0.05, 0.1) is 5.69 Å². The number of nitrogens with one attached hydrogen (secondary N) is 1. The maximum absolute atomic E-state index is 12.9. The summed E-state index contributed by atoms with van der Waals surface area (Å²) >= 11 is 1.41. The molecule has 0 aliphatic rings. The van der Waals surface area contributed by atoms with Gasteiger partial charge in [-0.15, -0.1) is 11.3 Å². The van der Waals surface area contributed by atoms with E-state index in [1.807, 2.05) is 13.8 Å². The Hall–Kier alpha value is -1.95. The van der Waals surface area contributed by atoms with Gasteiger partial charge in [-0.2, -0.15) is 0 Å². The SMILES string of the molecule is Cc1nc(NC(=O)COc2cccc(F)c2)sc1C. The Morgan fingerprint density at radius 2 is 2.26 bits per heavy atom. The highest BCUT2D eigenvalue weighted by Crippen LogP contribution is 2.21. The van der Waals surface area contributed by atoms with Crippen molar-refractivity contribution in [3.8, 4) is 5.75 Å². The molecular formula is C13H13FN2O2S. The summed E-state index contributed by atoms with van der Waals surface area (Å²) in [4.78, 5) is 16.9. The third-order valence-electron chi connectivity index (χ3n) is 2.44. The van der Waals surface area contributed by atoms with Crippen LogP contribution in [0.15, 0.2) is 24.3 Å². The zero-order chi connectivity index (χ0) is 13.8. The lowest BCUT2D eigenvalue weighted by Crippen LogP contribution is -2.20. The molecule has 0 unspecified atom stereocenters. The lowest BCUT2D eigenvalue weighted by molar-refractivity contribution is -0.118. The van der Waals surface area contributed by atoms with E-state index in [1.165, 1.54) is 29.5 Å². The second-order valence-corrected chi connectivity index (χ2v) is 5.16. The number of benzene rings is 1. The summed E-state index contributed by atoms with van der Waals surface area (Å²) in [6.07, 6.45) is 0. The standard InChI is InChI=1S/C13H13FN2O2S/c1-8-9(2)19-13(15-8)16-12(17)7-18-11-5-3-4-10(14)6-11/h3-6H,7H2,1-2H3,(H,15,16,17). The monoisotopic (exact) mass is 280 g/mol. The van der Waals surface area contributed by atoms with E-state index in [4.69, 9.17) is 4.74 Å². The summed E-state index contributed by atoms with van der Waals surface area (Å²) < 4.78 is 18.1. The zero-order valence-electron chi connectivity index (χ0n) is 10.6. The topological polar surface area (TPSA) is 51.2 Å². The van der Waals surface area contributed by atoms with Gasteiger partial charge in [0.15, 0.2) is 11.7 Å². The lowest BCUT2D eigenvalue weighted by atomic mass is 10.3. The summed E-state index contributed by atoms with van der Waals surface area (Å²) in [5.74, 6) is -0.399. The molecule has 0 aliphatic carbocycles. The van der Waals surface area contributed by atoms with Gasteiger partial charge in [-0.05, 0) is 26.0 Å². The highest BCUT2D eigenvalue weighted by Gasteiger charge is 2.08. The Morgan fingerprint density at radius 3 is 2.89 bits per heavy atom. The Bertz CT molecular complexity index is 579. The largest absolute Gasteiger partial charge is 0.484 e. The summed E-state index contributed by atoms with van der Waals surface area (Å²) in [5, 5.41) is 3.18. The van der Waals surface area contributed by atoms with E-state index in [0.29, 0.717) is 10.9 Å².